The van der Waals surface area contributed by atoms with Gasteiger partial charge in [-0.15, -0.1) is 0 Å². The van der Waals surface area contributed by atoms with Crippen molar-refractivity contribution in [2.75, 3.05) is 5.73 Å². The lowest BCUT2D eigenvalue weighted by Gasteiger charge is -2.21. The van der Waals surface area contributed by atoms with Gasteiger partial charge in [-0.2, -0.15) is 0 Å². The van der Waals surface area contributed by atoms with Gasteiger partial charge in [0.1, 0.15) is 5.82 Å². The molecule has 1 aromatic heterocycles. The molecule has 1 aliphatic carbocycles. The molecule has 0 aliphatic heterocycles. The van der Waals surface area contributed by atoms with E-state index in [1.807, 2.05) is 20.0 Å². The molecule has 0 aromatic carbocycles. The molecule has 1 atom stereocenters. The lowest BCUT2D eigenvalue weighted by molar-refractivity contribution is 0.501. The summed E-state index contributed by atoms with van der Waals surface area (Å²) in [6.07, 6.45) is 5.34. The summed E-state index contributed by atoms with van der Waals surface area (Å²) in [5.74, 6) is 1.54. The minimum Gasteiger partial charge on any atom is -0.383 e. The van der Waals surface area contributed by atoms with Crippen LogP contribution in [0.2, 0.25) is 0 Å². The van der Waals surface area contributed by atoms with Gasteiger partial charge in [0, 0.05) is 6.20 Å². The van der Waals surface area contributed by atoms with Crippen molar-refractivity contribution >= 4 is 5.82 Å². The number of aromatic nitrogens is 1. The zero-order valence-corrected chi connectivity index (χ0v) is 9.38. The second kappa shape index (κ2) is 4.99. The number of hydrogen-bond donors (Lipinski definition) is 1. The minimum atomic E-state index is 0.736. The number of anilines is 1. The van der Waals surface area contributed by atoms with Crippen molar-refractivity contribution in [2.24, 2.45) is 5.92 Å². The van der Waals surface area contributed by atoms with Crippen LogP contribution in [-0.2, 0) is 12.8 Å². The normalized spacial score (nSPS) is 19.2. The molecule has 0 radical (unpaired) electrons. The molecule has 1 unspecified atom stereocenters. The number of pyridine rings is 1. The van der Waals surface area contributed by atoms with Gasteiger partial charge in [-0.3, -0.25) is 0 Å². The molecule has 0 saturated carbocycles. The first-order chi connectivity index (χ1) is 6.77. The molecule has 2 N–H and O–H groups in total. The summed E-state index contributed by atoms with van der Waals surface area (Å²) < 4.78 is 0. The van der Waals surface area contributed by atoms with Crippen molar-refractivity contribution in [3.63, 3.8) is 0 Å². The molecule has 2 rings (SSSR count). The Balaban J connectivity index is 0.000000461. The zero-order chi connectivity index (χ0) is 10.6. The highest BCUT2D eigenvalue weighted by Crippen LogP contribution is 2.27. The van der Waals surface area contributed by atoms with Crippen LogP contribution in [-0.4, -0.2) is 4.98 Å². The molecule has 1 aromatic rings. The highest BCUT2D eigenvalue weighted by molar-refractivity contribution is 5.45. The first-order valence-corrected chi connectivity index (χ1v) is 5.49. The average Bonchev–Trinajstić information content (AvgIpc) is 2.21. The summed E-state index contributed by atoms with van der Waals surface area (Å²) in [5.41, 5.74) is 8.47. The maximum Gasteiger partial charge on any atom is 0.126 e. The van der Waals surface area contributed by atoms with E-state index in [0.29, 0.717) is 0 Å². The van der Waals surface area contributed by atoms with Gasteiger partial charge < -0.3 is 5.73 Å². The zero-order valence-electron chi connectivity index (χ0n) is 9.38. The van der Waals surface area contributed by atoms with Gasteiger partial charge in [0.05, 0.1) is 0 Å². The Labute approximate surface area is 86.5 Å². The van der Waals surface area contributed by atoms with E-state index in [1.165, 1.54) is 24.0 Å². The Morgan fingerprint density at radius 3 is 2.86 bits per heavy atom. The number of rotatable bonds is 0. The number of nitrogen functional groups attached to an aromatic ring is 1. The van der Waals surface area contributed by atoms with E-state index in [-0.39, 0.29) is 0 Å². The lowest BCUT2D eigenvalue weighted by atomic mass is 9.86. The van der Waals surface area contributed by atoms with Crippen molar-refractivity contribution < 1.29 is 0 Å². The summed E-state index contributed by atoms with van der Waals surface area (Å²) in [6.45, 7) is 6.29. The van der Waals surface area contributed by atoms with Crippen LogP contribution in [0.15, 0.2) is 12.3 Å². The number of fused-ring (bicyclic) bond motifs is 1. The van der Waals surface area contributed by atoms with Crippen molar-refractivity contribution in [3.05, 3.63) is 23.4 Å². The van der Waals surface area contributed by atoms with Gasteiger partial charge in [-0.25, -0.2) is 4.98 Å². The van der Waals surface area contributed by atoms with Crippen molar-refractivity contribution in [1.82, 2.24) is 4.98 Å². The second-order valence-corrected chi connectivity index (χ2v) is 3.68. The summed E-state index contributed by atoms with van der Waals surface area (Å²) in [5, 5.41) is 0. The van der Waals surface area contributed by atoms with E-state index in [9.17, 15) is 0 Å². The monoisotopic (exact) mass is 192 g/mol. The molecule has 14 heavy (non-hydrogen) atoms. The van der Waals surface area contributed by atoms with E-state index in [4.69, 9.17) is 5.73 Å². The van der Waals surface area contributed by atoms with Crippen molar-refractivity contribution in [2.45, 2.75) is 40.0 Å². The standard InChI is InChI=1S/C10H14N2.C2H6/c1-7-2-3-9-8(6-7)4-5-12-10(9)11;1-2/h4-5,7H,2-3,6H2,1H3,(H2,11,12);1-2H3. The van der Waals surface area contributed by atoms with Gasteiger partial charge in [0.15, 0.2) is 0 Å². The fourth-order valence-electron chi connectivity index (χ4n) is 1.90. The summed E-state index contributed by atoms with van der Waals surface area (Å²) in [4.78, 5) is 4.10. The van der Waals surface area contributed by atoms with E-state index in [1.54, 1.807) is 0 Å². The molecular formula is C12H20N2. The number of nitrogens with two attached hydrogens (primary N) is 1. The van der Waals surface area contributed by atoms with E-state index >= 15 is 0 Å². The average molecular weight is 192 g/mol. The molecule has 0 bridgehead atoms. The Kier molecular flexibility index (Phi) is 3.93. The van der Waals surface area contributed by atoms with Crippen LogP contribution in [0.1, 0.15) is 38.3 Å². The van der Waals surface area contributed by atoms with Crippen molar-refractivity contribution in [1.29, 1.82) is 0 Å². The van der Waals surface area contributed by atoms with Crippen LogP contribution in [0, 0.1) is 5.92 Å². The highest BCUT2D eigenvalue weighted by atomic mass is 14.8. The molecule has 0 fully saturated rings. The molecule has 2 nitrogen and oxygen atoms in total. The predicted octanol–water partition coefficient (Wildman–Crippen LogP) is 2.81. The Bertz CT molecular complexity index is 294. The minimum absolute atomic E-state index is 0.736. The fourth-order valence-corrected chi connectivity index (χ4v) is 1.90. The van der Waals surface area contributed by atoms with Gasteiger partial charge in [-0.05, 0) is 42.4 Å². The first kappa shape index (κ1) is 11.0. The van der Waals surface area contributed by atoms with Gasteiger partial charge in [0.2, 0.25) is 0 Å². The third-order valence-electron chi connectivity index (χ3n) is 2.64. The highest BCUT2D eigenvalue weighted by Gasteiger charge is 2.16. The van der Waals surface area contributed by atoms with Gasteiger partial charge in [-0.1, -0.05) is 20.8 Å². The van der Waals surface area contributed by atoms with Crippen LogP contribution >= 0.6 is 0 Å². The largest absolute Gasteiger partial charge is 0.383 e. The Morgan fingerprint density at radius 1 is 1.43 bits per heavy atom. The molecule has 1 heterocycles. The number of hydrogen-bond acceptors (Lipinski definition) is 2. The Morgan fingerprint density at radius 2 is 2.14 bits per heavy atom. The van der Waals surface area contributed by atoms with Crippen LogP contribution in [0.25, 0.3) is 0 Å². The quantitative estimate of drug-likeness (QED) is 0.686. The predicted molar refractivity (Wildman–Crippen MR) is 61.2 cm³/mol. The maximum absolute atomic E-state index is 5.78. The third-order valence-corrected chi connectivity index (χ3v) is 2.64. The van der Waals surface area contributed by atoms with E-state index < -0.39 is 0 Å². The second-order valence-electron chi connectivity index (χ2n) is 3.68. The summed E-state index contributed by atoms with van der Waals surface area (Å²) in [6, 6.07) is 2.10. The van der Waals surface area contributed by atoms with Crippen molar-refractivity contribution in [3.8, 4) is 0 Å². The van der Waals surface area contributed by atoms with Crippen LogP contribution in [0.5, 0.6) is 0 Å². The fraction of sp³-hybridized carbons (Fsp3) is 0.583. The molecule has 0 spiro atoms. The van der Waals surface area contributed by atoms with Gasteiger partial charge >= 0.3 is 0 Å². The molecule has 1 aliphatic rings. The summed E-state index contributed by atoms with van der Waals surface area (Å²) >= 11 is 0. The van der Waals surface area contributed by atoms with Crippen LogP contribution in [0.4, 0.5) is 5.82 Å². The lowest BCUT2D eigenvalue weighted by Crippen LogP contribution is -2.13. The van der Waals surface area contributed by atoms with E-state index in [2.05, 4.69) is 18.0 Å². The topological polar surface area (TPSA) is 38.9 Å². The van der Waals surface area contributed by atoms with Gasteiger partial charge in [0.25, 0.3) is 0 Å². The van der Waals surface area contributed by atoms with Crippen LogP contribution in [0.3, 0.4) is 0 Å². The third kappa shape index (κ3) is 2.25. The van der Waals surface area contributed by atoms with Crippen LogP contribution < -0.4 is 5.73 Å². The molecular weight excluding hydrogens is 172 g/mol. The molecule has 0 saturated heterocycles. The molecule has 2 heteroatoms. The maximum atomic E-state index is 5.78. The molecule has 78 valence electrons. The summed E-state index contributed by atoms with van der Waals surface area (Å²) in [7, 11) is 0. The number of nitrogens with zero attached hydrogens (tertiary/aromatic N) is 1. The SMILES string of the molecule is CC.CC1CCc2c(ccnc2N)C1. The first-order valence-electron chi connectivity index (χ1n) is 5.49. The Hall–Kier alpha value is -1.05. The molecule has 0 amide bonds. The smallest absolute Gasteiger partial charge is 0.126 e. The van der Waals surface area contributed by atoms with E-state index in [0.717, 1.165) is 18.2 Å².